The van der Waals surface area contributed by atoms with E-state index in [2.05, 4.69) is 53.0 Å². The predicted octanol–water partition coefficient (Wildman–Crippen LogP) is 2.86. The highest BCUT2D eigenvalue weighted by Crippen LogP contribution is 2.22. The van der Waals surface area contributed by atoms with Crippen molar-refractivity contribution in [2.75, 3.05) is 13.1 Å². The van der Waals surface area contributed by atoms with Crippen LogP contribution in [0, 0.1) is 6.92 Å². The Labute approximate surface area is 109 Å². The van der Waals surface area contributed by atoms with Gasteiger partial charge < -0.3 is 9.88 Å². The van der Waals surface area contributed by atoms with Gasteiger partial charge >= 0.3 is 0 Å². The summed E-state index contributed by atoms with van der Waals surface area (Å²) in [5.41, 5.74) is 3.79. The summed E-state index contributed by atoms with van der Waals surface area (Å²) in [4.78, 5) is 4.28. The van der Waals surface area contributed by atoms with E-state index in [0.717, 1.165) is 26.1 Å². The minimum Gasteiger partial charge on any atom is -0.331 e. The van der Waals surface area contributed by atoms with E-state index in [-0.39, 0.29) is 0 Å². The Morgan fingerprint density at radius 1 is 1.28 bits per heavy atom. The molecule has 0 radical (unpaired) electrons. The standard InChI is InChI=1S/C15H21N3/c1-3-16-9-6-10-18-12-17-11-15(18)14-8-5-4-7-13(14)2/h4-5,7-8,11-12,16H,3,6,9-10H2,1-2H3. The van der Waals surface area contributed by atoms with E-state index in [1.807, 2.05) is 12.5 Å². The number of nitrogens with one attached hydrogen (secondary N) is 1. The van der Waals surface area contributed by atoms with Crippen molar-refractivity contribution in [1.29, 1.82) is 0 Å². The zero-order valence-corrected chi connectivity index (χ0v) is 11.2. The summed E-state index contributed by atoms with van der Waals surface area (Å²) in [5, 5.41) is 3.35. The monoisotopic (exact) mass is 243 g/mol. The molecule has 2 aromatic rings. The number of hydrogen-bond acceptors (Lipinski definition) is 2. The van der Waals surface area contributed by atoms with Crippen LogP contribution in [0.1, 0.15) is 18.9 Å². The zero-order valence-electron chi connectivity index (χ0n) is 11.2. The molecule has 1 heterocycles. The molecule has 0 unspecified atom stereocenters. The first-order chi connectivity index (χ1) is 8.83. The van der Waals surface area contributed by atoms with E-state index < -0.39 is 0 Å². The van der Waals surface area contributed by atoms with Gasteiger partial charge in [-0.1, -0.05) is 31.2 Å². The molecule has 18 heavy (non-hydrogen) atoms. The molecular weight excluding hydrogens is 222 g/mol. The Morgan fingerprint density at radius 3 is 2.89 bits per heavy atom. The molecule has 0 aliphatic rings. The summed E-state index contributed by atoms with van der Waals surface area (Å²) in [5.74, 6) is 0. The molecule has 0 saturated carbocycles. The van der Waals surface area contributed by atoms with Crippen molar-refractivity contribution in [2.24, 2.45) is 0 Å². The molecule has 3 heteroatoms. The molecule has 1 N–H and O–H groups in total. The van der Waals surface area contributed by atoms with Crippen molar-refractivity contribution in [2.45, 2.75) is 26.8 Å². The van der Waals surface area contributed by atoms with E-state index in [1.165, 1.54) is 16.8 Å². The van der Waals surface area contributed by atoms with Crippen molar-refractivity contribution >= 4 is 0 Å². The maximum atomic E-state index is 4.28. The lowest BCUT2D eigenvalue weighted by atomic mass is 10.1. The van der Waals surface area contributed by atoms with Gasteiger partial charge in [0.1, 0.15) is 0 Å². The van der Waals surface area contributed by atoms with Crippen LogP contribution in [-0.2, 0) is 6.54 Å². The second kappa shape index (κ2) is 6.36. The lowest BCUT2D eigenvalue weighted by molar-refractivity contribution is 0.595. The van der Waals surface area contributed by atoms with E-state index in [1.54, 1.807) is 0 Å². The van der Waals surface area contributed by atoms with Crippen molar-refractivity contribution in [3.05, 3.63) is 42.4 Å². The Kier molecular flexibility index (Phi) is 4.53. The molecule has 1 aromatic carbocycles. The smallest absolute Gasteiger partial charge is 0.0950 e. The van der Waals surface area contributed by atoms with Crippen molar-refractivity contribution in [3.8, 4) is 11.3 Å². The number of aromatic nitrogens is 2. The van der Waals surface area contributed by atoms with Gasteiger partial charge in [0.15, 0.2) is 0 Å². The molecule has 0 saturated heterocycles. The lowest BCUT2D eigenvalue weighted by Gasteiger charge is -2.10. The maximum Gasteiger partial charge on any atom is 0.0950 e. The van der Waals surface area contributed by atoms with Gasteiger partial charge in [-0.3, -0.25) is 0 Å². The largest absolute Gasteiger partial charge is 0.331 e. The van der Waals surface area contributed by atoms with E-state index in [4.69, 9.17) is 0 Å². The first-order valence-electron chi connectivity index (χ1n) is 6.59. The molecule has 0 atom stereocenters. The van der Waals surface area contributed by atoms with Crippen LogP contribution in [0.3, 0.4) is 0 Å². The number of hydrogen-bond donors (Lipinski definition) is 1. The van der Waals surface area contributed by atoms with Crippen LogP contribution in [-0.4, -0.2) is 22.6 Å². The van der Waals surface area contributed by atoms with E-state index in [0.29, 0.717) is 0 Å². The van der Waals surface area contributed by atoms with Crippen LogP contribution >= 0.6 is 0 Å². The van der Waals surface area contributed by atoms with Gasteiger partial charge in [0, 0.05) is 12.1 Å². The van der Waals surface area contributed by atoms with Gasteiger partial charge in [-0.05, 0) is 32.0 Å². The van der Waals surface area contributed by atoms with Crippen LogP contribution in [0.5, 0.6) is 0 Å². The topological polar surface area (TPSA) is 29.9 Å². The molecule has 2 rings (SSSR count). The number of benzene rings is 1. The molecule has 3 nitrogen and oxygen atoms in total. The van der Waals surface area contributed by atoms with Gasteiger partial charge in [-0.2, -0.15) is 0 Å². The average molecular weight is 243 g/mol. The average Bonchev–Trinajstić information content (AvgIpc) is 2.83. The molecule has 0 spiro atoms. The van der Waals surface area contributed by atoms with Crippen LogP contribution in [0.2, 0.25) is 0 Å². The summed E-state index contributed by atoms with van der Waals surface area (Å²) in [6, 6.07) is 8.46. The highest BCUT2D eigenvalue weighted by atomic mass is 15.0. The van der Waals surface area contributed by atoms with Crippen LogP contribution in [0.15, 0.2) is 36.8 Å². The Balaban J connectivity index is 2.10. The molecular formula is C15H21N3. The summed E-state index contributed by atoms with van der Waals surface area (Å²) in [7, 11) is 0. The third-order valence-corrected chi connectivity index (χ3v) is 3.14. The van der Waals surface area contributed by atoms with Gasteiger partial charge in [0.25, 0.3) is 0 Å². The summed E-state index contributed by atoms with van der Waals surface area (Å²) >= 11 is 0. The van der Waals surface area contributed by atoms with E-state index >= 15 is 0 Å². The molecule has 0 amide bonds. The molecule has 0 fully saturated rings. The summed E-state index contributed by atoms with van der Waals surface area (Å²) in [6.07, 6.45) is 5.01. The van der Waals surface area contributed by atoms with Crippen LogP contribution in [0.4, 0.5) is 0 Å². The minimum absolute atomic E-state index is 1.01. The third kappa shape index (κ3) is 2.99. The number of nitrogens with zero attached hydrogens (tertiary/aromatic N) is 2. The number of rotatable bonds is 6. The lowest BCUT2D eigenvalue weighted by Crippen LogP contribution is -2.16. The van der Waals surface area contributed by atoms with Crippen molar-refractivity contribution < 1.29 is 0 Å². The number of imidazole rings is 1. The summed E-state index contributed by atoms with van der Waals surface area (Å²) in [6.45, 7) is 7.38. The highest BCUT2D eigenvalue weighted by molar-refractivity contribution is 5.63. The van der Waals surface area contributed by atoms with Gasteiger partial charge in [0.2, 0.25) is 0 Å². The van der Waals surface area contributed by atoms with Gasteiger partial charge in [-0.15, -0.1) is 0 Å². The predicted molar refractivity (Wildman–Crippen MR) is 75.6 cm³/mol. The molecule has 0 aliphatic heterocycles. The molecule has 1 aromatic heterocycles. The second-order valence-corrected chi connectivity index (χ2v) is 4.49. The molecule has 0 aliphatic carbocycles. The van der Waals surface area contributed by atoms with Crippen molar-refractivity contribution in [1.82, 2.24) is 14.9 Å². The van der Waals surface area contributed by atoms with Crippen LogP contribution in [0.25, 0.3) is 11.3 Å². The van der Waals surface area contributed by atoms with Gasteiger partial charge in [0.05, 0.1) is 18.2 Å². The number of aryl methyl sites for hydroxylation is 2. The van der Waals surface area contributed by atoms with Crippen molar-refractivity contribution in [3.63, 3.8) is 0 Å². The minimum atomic E-state index is 1.01. The first-order valence-corrected chi connectivity index (χ1v) is 6.59. The zero-order chi connectivity index (χ0) is 12.8. The Bertz CT molecular complexity index is 488. The summed E-state index contributed by atoms with van der Waals surface area (Å²) < 4.78 is 2.24. The third-order valence-electron chi connectivity index (χ3n) is 3.14. The Morgan fingerprint density at radius 2 is 2.11 bits per heavy atom. The SMILES string of the molecule is CCNCCCn1cncc1-c1ccccc1C. The normalized spacial score (nSPS) is 10.8. The molecule has 96 valence electrons. The fourth-order valence-electron chi connectivity index (χ4n) is 2.13. The highest BCUT2D eigenvalue weighted by Gasteiger charge is 2.06. The Hall–Kier alpha value is -1.61. The van der Waals surface area contributed by atoms with Crippen LogP contribution < -0.4 is 5.32 Å². The fraction of sp³-hybridized carbons (Fsp3) is 0.400. The quantitative estimate of drug-likeness (QED) is 0.791. The van der Waals surface area contributed by atoms with E-state index in [9.17, 15) is 0 Å². The first kappa shape index (κ1) is 12.8. The second-order valence-electron chi connectivity index (χ2n) is 4.49. The molecule has 0 bridgehead atoms. The maximum absolute atomic E-state index is 4.28. The van der Waals surface area contributed by atoms with Gasteiger partial charge in [-0.25, -0.2) is 4.98 Å². The fourth-order valence-corrected chi connectivity index (χ4v) is 2.13.